The van der Waals surface area contributed by atoms with Crippen LogP contribution in [0.25, 0.3) is 32.3 Å². The van der Waals surface area contributed by atoms with Crippen LogP contribution in [0.1, 0.15) is 0 Å². The minimum Gasteiger partial charge on any atom is -0.496 e. The summed E-state index contributed by atoms with van der Waals surface area (Å²) < 4.78 is 88.5. The first kappa shape index (κ1) is 26.5. The third-order valence-corrected chi connectivity index (χ3v) is 11.8. The standard InChI is InChI=1S/C23H27N3O7S3/c1-24(2)34(27,28)19-12-18(33-7)14-8-9-16-20(35(29,30)25(3)4)13-21(36(31,32)26(5)6)17-11-10-15(19)22(14)23(16)17/h8-13H,1-7H3. The van der Waals surface area contributed by atoms with E-state index in [0.717, 1.165) is 12.9 Å². The van der Waals surface area contributed by atoms with Gasteiger partial charge in [0.2, 0.25) is 30.1 Å². The summed E-state index contributed by atoms with van der Waals surface area (Å²) in [7, 11) is -2.45. The van der Waals surface area contributed by atoms with Gasteiger partial charge in [0.05, 0.1) is 21.8 Å². The molecule has 0 saturated carbocycles. The van der Waals surface area contributed by atoms with Crippen molar-refractivity contribution in [1.29, 1.82) is 0 Å². The van der Waals surface area contributed by atoms with Gasteiger partial charge in [0.15, 0.2) is 0 Å². The predicted molar refractivity (Wildman–Crippen MR) is 139 cm³/mol. The van der Waals surface area contributed by atoms with Gasteiger partial charge in [0.25, 0.3) is 0 Å². The average molecular weight is 554 g/mol. The summed E-state index contributed by atoms with van der Waals surface area (Å²) >= 11 is 0. The maximum Gasteiger partial charge on any atom is 0.243 e. The number of nitrogens with zero attached hydrogens (tertiary/aromatic N) is 3. The molecule has 13 heteroatoms. The molecule has 0 heterocycles. The van der Waals surface area contributed by atoms with Crippen LogP contribution in [0.2, 0.25) is 0 Å². The van der Waals surface area contributed by atoms with Crippen molar-refractivity contribution in [2.75, 3.05) is 49.4 Å². The molecule has 0 aliphatic rings. The fourth-order valence-electron chi connectivity index (χ4n) is 4.27. The summed E-state index contributed by atoms with van der Waals surface area (Å²) in [6.45, 7) is 0. The highest BCUT2D eigenvalue weighted by Gasteiger charge is 2.31. The monoisotopic (exact) mass is 553 g/mol. The Bertz CT molecular complexity index is 1790. The number of benzene rings is 4. The second-order valence-electron chi connectivity index (χ2n) is 8.88. The Kier molecular flexibility index (Phi) is 6.26. The van der Waals surface area contributed by atoms with Gasteiger partial charge in [-0.2, -0.15) is 0 Å². The molecule has 0 aliphatic carbocycles. The van der Waals surface area contributed by atoms with Crippen LogP contribution in [0.5, 0.6) is 5.75 Å². The predicted octanol–water partition coefficient (Wildman–Crippen LogP) is 2.34. The first-order valence-electron chi connectivity index (χ1n) is 10.7. The number of hydrogen-bond donors (Lipinski definition) is 0. The van der Waals surface area contributed by atoms with E-state index in [2.05, 4.69) is 0 Å². The summed E-state index contributed by atoms with van der Waals surface area (Å²) in [6.07, 6.45) is 0. The van der Waals surface area contributed by atoms with Crippen molar-refractivity contribution in [3.05, 3.63) is 36.4 Å². The van der Waals surface area contributed by atoms with Crippen molar-refractivity contribution in [2.45, 2.75) is 14.7 Å². The van der Waals surface area contributed by atoms with E-state index in [1.165, 1.54) is 67.6 Å². The molecule has 0 spiro atoms. The highest BCUT2D eigenvalue weighted by atomic mass is 32.2. The van der Waals surface area contributed by atoms with E-state index in [9.17, 15) is 25.3 Å². The molecule has 36 heavy (non-hydrogen) atoms. The van der Waals surface area contributed by atoms with E-state index in [0.29, 0.717) is 21.5 Å². The first-order valence-corrected chi connectivity index (χ1v) is 15.0. The Labute approximate surface area is 211 Å². The summed E-state index contributed by atoms with van der Waals surface area (Å²) in [5.41, 5.74) is 0. The van der Waals surface area contributed by atoms with Gasteiger partial charge in [-0.15, -0.1) is 0 Å². The van der Waals surface area contributed by atoms with Crippen molar-refractivity contribution >= 4 is 62.4 Å². The molecule has 4 aromatic carbocycles. The quantitative estimate of drug-likeness (QED) is 0.322. The topological polar surface area (TPSA) is 121 Å². The fraction of sp³-hybridized carbons (Fsp3) is 0.304. The molecule has 0 aromatic heterocycles. The average Bonchev–Trinajstić information content (AvgIpc) is 2.80. The highest BCUT2D eigenvalue weighted by molar-refractivity contribution is 7.90. The first-order chi connectivity index (χ1) is 16.6. The minimum absolute atomic E-state index is 0.0378. The molecule has 0 radical (unpaired) electrons. The number of methoxy groups -OCH3 is 1. The third kappa shape index (κ3) is 3.64. The van der Waals surface area contributed by atoms with Crippen LogP contribution >= 0.6 is 0 Å². The van der Waals surface area contributed by atoms with E-state index in [4.69, 9.17) is 4.74 Å². The van der Waals surface area contributed by atoms with Gasteiger partial charge in [0.1, 0.15) is 5.75 Å². The second kappa shape index (κ2) is 8.50. The van der Waals surface area contributed by atoms with E-state index in [1.54, 1.807) is 18.2 Å². The SMILES string of the molecule is COc1cc(S(=O)(=O)N(C)C)c2ccc3c(S(=O)(=O)N(C)C)cc(S(=O)(=O)N(C)C)c4ccc1c2c43. The lowest BCUT2D eigenvalue weighted by atomic mass is 9.93. The molecule has 0 N–H and O–H groups in total. The molecular weight excluding hydrogens is 526 g/mol. The van der Waals surface area contributed by atoms with Crippen LogP contribution in [0, 0.1) is 0 Å². The van der Waals surface area contributed by atoms with Crippen molar-refractivity contribution in [1.82, 2.24) is 12.9 Å². The Morgan fingerprint density at radius 3 is 1.17 bits per heavy atom. The molecule has 0 bridgehead atoms. The van der Waals surface area contributed by atoms with E-state index in [-0.39, 0.29) is 31.2 Å². The Morgan fingerprint density at radius 1 is 0.528 bits per heavy atom. The van der Waals surface area contributed by atoms with E-state index < -0.39 is 30.1 Å². The van der Waals surface area contributed by atoms with Crippen molar-refractivity contribution in [2.24, 2.45) is 0 Å². The van der Waals surface area contributed by atoms with Crippen molar-refractivity contribution < 1.29 is 30.0 Å². The molecule has 0 aliphatic heterocycles. The molecular formula is C23H27N3O7S3. The number of rotatable bonds is 7. The number of hydrogen-bond acceptors (Lipinski definition) is 7. The zero-order valence-electron chi connectivity index (χ0n) is 20.9. The molecule has 0 fully saturated rings. The maximum absolute atomic E-state index is 13.4. The fourth-order valence-corrected chi connectivity index (χ4v) is 7.65. The molecule has 4 rings (SSSR count). The van der Waals surface area contributed by atoms with Crippen LogP contribution in [0.4, 0.5) is 0 Å². The van der Waals surface area contributed by atoms with Crippen LogP contribution < -0.4 is 4.74 Å². The zero-order valence-corrected chi connectivity index (χ0v) is 23.3. The summed E-state index contributed by atoms with van der Waals surface area (Å²) in [6, 6.07) is 8.91. The van der Waals surface area contributed by atoms with Crippen LogP contribution in [0.15, 0.2) is 51.1 Å². The normalized spacial score (nSPS) is 13.7. The minimum atomic E-state index is -4.09. The Balaban J connectivity index is 2.41. The van der Waals surface area contributed by atoms with Crippen molar-refractivity contribution in [3.8, 4) is 5.75 Å². The van der Waals surface area contributed by atoms with Gasteiger partial charge in [-0.1, -0.05) is 18.2 Å². The van der Waals surface area contributed by atoms with Crippen molar-refractivity contribution in [3.63, 3.8) is 0 Å². The van der Waals surface area contributed by atoms with Gasteiger partial charge in [-0.05, 0) is 12.1 Å². The molecule has 194 valence electrons. The lowest BCUT2D eigenvalue weighted by Crippen LogP contribution is -2.25. The molecule has 0 atom stereocenters. The second-order valence-corrected chi connectivity index (χ2v) is 15.2. The van der Waals surface area contributed by atoms with Gasteiger partial charge >= 0.3 is 0 Å². The van der Waals surface area contributed by atoms with Crippen LogP contribution in [0.3, 0.4) is 0 Å². The lowest BCUT2D eigenvalue weighted by molar-refractivity contribution is 0.418. The molecule has 0 unspecified atom stereocenters. The smallest absolute Gasteiger partial charge is 0.243 e. The van der Waals surface area contributed by atoms with Crippen LogP contribution in [-0.4, -0.2) is 87.6 Å². The molecule has 10 nitrogen and oxygen atoms in total. The highest BCUT2D eigenvalue weighted by Crippen LogP contribution is 2.45. The van der Waals surface area contributed by atoms with E-state index >= 15 is 0 Å². The number of ether oxygens (including phenoxy) is 1. The Hall–Kier alpha value is -2.55. The van der Waals surface area contributed by atoms with Gasteiger partial charge in [0, 0.05) is 80.7 Å². The van der Waals surface area contributed by atoms with E-state index in [1.807, 2.05) is 0 Å². The van der Waals surface area contributed by atoms with Gasteiger partial charge in [-0.25, -0.2) is 38.2 Å². The summed E-state index contributed by atoms with van der Waals surface area (Å²) in [4.78, 5) is -0.437. The molecule has 0 amide bonds. The third-order valence-electron chi connectivity index (χ3n) is 6.24. The Morgan fingerprint density at radius 2 is 0.833 bits per heavy atom. The summed E-state index contributed by atoms with van der Waals surface area (Å²) in [5, 5.41) is 2.12. The maximum atomic E-state index is 13.4. The largest absolute Gasteiger partial charge is 0.496 e. The molecule has 0 saturated heterocycles. The number of sulfonamides is 3. The summed E-state index contributed by atoms with van der Waals surface area (Å²) in [5.74, 6) is 0.259. The zero-order chi connectivity index (χ0) is 27.0. The van der Waals surface area contributed by atoms with Gasteiger partial charge < -0.3 is 4.74 Å². The van der Waals surface area contributed by atoms with Gasteiger partial charge in [-0.3, -0.25) is 0 Å². The molecule has 4 aromatic rings. The lowest BCUT2D eigenvalue weighted by Gasteiger charge is -2.23. The van der Waals surface area contributed by atoms with Crippen LogP contribution in [-0.2, 0) is 30.1 Å².